The summed E-state index contributed by atoms with van der Waals surface area (Å²) in [7, 11) is -2.31. The number of hydrogen-bond acceptors (Lipinski definition) is 3. The van der Waals surface area contributed by atoms with Gasteiger partial charge in [-0.3, -0.25) is 4.03 Å². The normalized spacial score (nSPS) is 15.8. The highest BCUT2D eigenvalue weighted by atomic mass is 32.2. The van der Waals surface area contributed by atoms with Crippen LogP contribution in [0.25, 0.3) is 0 Å². The third-order valence-corrected chi connectivity index (χ3v) is 12.0. The summed E-state index contributed by atoms with van der Waals surface area (Å²) in [5.41, 5.74) is 1.19. The first-order valence-corrected chi connectivity index (χ1v) is 11.8. The molecule has 1 aromatic rings. The molecule has 0 aromatic heterocycles. The van der Waals surface area contributed by atoms with Crippen molar-refractivity contribution in [2.24, 2.45) is 4.03 Å². The molecule has 0 saturated carbocycles. The molecule has 0 bridgehead atoms. The van der Waals surface area contributed by atoms with Crippen LogP contribution in [0.15, 0.2) is 33.2 Å². The van der Waals surface area contributed by atoms with E-state index in [4.69, 9.17) is 4.03 Å². The van der Waals surface area contributed by atoms with Crippen LogP contribution in [0.2, 0.25) is 18.1 Å². The predicted molar refractivity (Wildman–Crippen MR) is 91.2 cm³/mol. The molecule has 1 rings (SSSR count). The van der Waals surface area contributed by atoms with Crippen LogP contribution in [0.4, 0.5) is 0 Å². The third-order valence-electron chi connectivity index (χ3n) is 3.98. The molecule has 1 N–H and O–H groups in total. The molecular weight excluding hydrogens is 284 g/mol. The zero-order chi connectivity index (χ0) is 15.6. The first kappa shape index (κ1) is 17.4. The minimum Gasteiger partial charge on any atom is -0.316 e. The van der Waals surface area contributed by atoms with Gasteiger partial charge < -0.3 is 5.32 Å². The van der Waals surface area contributed by atoms with Gasteiger partial charge in [0.15, 0.2) is 8.24 Å². The number of rotatable bonds is 4. The van der Waals surface area contributed by atoms with Crippen molar-refractivity contribution in [1.82, 2.24) is 5.32 Å². The van der Waals surface area contributed by atoms with Gasteiger partial charge in [-0.05, 0) is 42.9 Å². The van der Waals surface area contributed by atoms with Gasteiger partial charge in [0.25, 0.3) is 0 Å². The van der Waals surface area contributed by atoms with Gasteiger partial charge in [0, 0.05) is 17.7 Å². The van der Waals surface area contributed by atoms with Crippen LogP contribution in [-0.2, 0) is 16.3 Å². The Kier molecular flexibility index (Phi) is 5.22. The third kappa shape index (κ3) is 4.17. The maximum atomic E-state index is 13.0. The van der Waals surface area contributed by atoms with Gasteiger partial charge in [-0.2, -0.15) is 0 Å². The van der Waals surface area contributed by atoms with Gasteiger partial charge in [0.1, 0.15) is 0 Å². The molecule has 1 unspecified atom stereocenters. The van der Waals surface area contributed by atoms with E-state index in [0.29, 0.717) is 0 Å². The zero-order valence-corrected chi connectivity index (χ0v) is 15.6. The fourth-order valence-electron chi connectivity index (χ4n) is 1.69. The van der Waals surface area contributed by atoms with Gasteiger partial charge >= 0.3 is 0 Å². The topological polar surface area (TPSA) is 41.5 Å². The number of nitrogens with zero attached hydrogens (tertiary/aromatic N) is 1. The number of hydrogen-bond donors (Lipinski definition) is 1. The van der Waals surface area contributed by atoms with Crippen LogP contribution >= 0.6 is 0 Å². The molecule has 1 aromatic carbocycles. The van der Waals surface area contributed by atoms with Gasteiger partial charge in [0.2, 0.25) is 0 Å². The lowest BCUT2D eigenvalue weighted by Crippen LogP contribution is -2.36. The average molecular weight is 313 g/mol. The minimum atomic E-state index is -2.32. The molecule has 0 heterocycles. The van der Waals surface area contributed by atoms with E-state index in [1.807, 2.05) is 31.3 Å². The van der Waals surface area contributed by atoms with E-state index in [0.717, 1.165) is 11.4 Å². The summed E-state index contributed by atoms with van der Waals surface area (Å²) in [6.45, 7) is 11.8. The van der Waals surface area contributed by atoms with E-state index in [2.05, 4.69) is 39.2 Å². The molecule has 5 heteroatoms. The van der Waals surface area contributed by atoms with Crippen molar-refractivity contribution in [2.75, 3.05) is 13.3 Å². The first-order chi connectivity index (χ1) is 8.99. The summed E-state index contributed by atoms with van der Waals surface area (Å²) in [5, 5.41) is 3.22. The molecule has 0 aliphatic heterocycles. The lowest BCUT2D eigenvalue weighted by atomic mass is 10.2. The Balaban J connectivity index is 3.19. The summed E-state index contributed by atoms with van der Waals surface area (Å²) in [5.74, 6) is 0. The van der Waals surface area contributed by atoms with E-state index in [-0.39, 0.29) is 5.04 Å². The fraction of sp³-hybridized carbons (Fsp3) is 0.600. The second-order valence-electron chi connectivity index (χ2n) is 6.88. The van der Waals surface area contributed by atoms with E-state index in [1.54, 1.807) is 6.26 Å². The molecule has 3 nitrogen and oxygen atoms in total. The monoisotopic (exact) mass is 312 g/mol. The van der Waals surface area contributed by atoms with Gasteiger partial charge in [-0.25, -0.2) is 4.21 Å². The predicted octanol–water partition coefficient (Wildman–Crippen LogP) is 3.87. The first-order valence-electron chi connectivity index (χ1n) is 6.96. The Labute approximate surface area is 125 Å². The van der Waals surface area contributed by atoms with E-state index < -0.39 is 18.0 Å². The highest BCUT2D eigenvalue weighted by molar-refractivity contribution is 7.93. The molecular formula is C15H28N2OSSi. The molecule has 0 spiro atoms. The quantitative estimate of drug-likeness (QED) is 0.858. The van der Waals surface area contributed by atoms with Crippen LogP contribution in [0.1, 0.15) is 26.3 Å². The molecule has 0 radical (unpaired) electrons. The molecule has 1 atom stereocenters. The van der Waals surface area contributed by atoms with Crippen LogP contribution in [0.5, 0.6) is 0 Å². The molecule has 114 valence electrons. The maximum Gasteiger partial charge on any atom is 0.193 e. The highest BCUT2D eigenvalue weighted by Gasteiger charge is 2.37. The Morgan fingerprint density at radius 2 is 1.70 bits per heavy atom. The van der Waals surface area contributed by atoms with Crippen LogP contribution in [0.3, 0.4) is 0 Å². The van der Waals surface area contributed by atoms with Crippen molar-refractivity contribution in [3.05, 3.63) is 29.8 Å². The summed E-state index contributed by atoms with van der Waals surface area (Å²) in [4.78, 5) is 0.835. The van der Waals surface area contributed by atoms with Crippen molar-refractivity contribution in [1.29, 1.82) is 0 Å². The molecule has 0 saturated heterocycles. The standard InChI is InChI=1S/C15H28N2OSSi/c1-15(2,3)20(6,7)17-19(5,18)14-10-8-13(9-11-14)12-16-4/h8-11,16H,12H2,1-7H3. The van der Waals surface area contributed by atoms with Crippen LogP contribution in [-0.4, -0.2) is 25.7 Å². The van der Waals surface area contributed by atoms with Gasteiger partial charge in [0.05, 0.1) is 9.73 Å². The Morgan fingerprint density at radius 1 is 1.20 bits per heavy atom. The van der Waals surface area contributed by atoms with E-state index >= 15 is 0 Å². The second kappa shape index (κ2) is 5.99. The Bertz CT molecular complexity index is 565. The van der Waals surface area contributed by atoms with Crippen molar-refractivity contribution in [2.45, 2.75) is 50.3 Å². The average Bonchev–Trinajstić information content (AvgIpc) is 2.27. The summed E-state index contributed by atoms with van der Waals surface area (Å²) < 4.78 is 17.8. The van der Waals surface area contributed by atoms with E-state index in [1.165, 1.54) is 5.56 Å². The van der Waals surface area contributed by atoms with Gasteiger partial charge in [-0.1, -0.05) is 32.9 Å². The maximum absolute atomic E-state index is 13.0. The highest BCUT2D eigenvalue weighted by Crippen LogP contribution is 2.38. The Morgan fingerprint density at radius 3 is 2.10 bits per heavy atom. The Hall–Kier alpha value is -0.653. The SMILES string of the molecule is CNCc1ccc(S(C)(=O)=N[Si](C)(C)C(C)(C)C)cc1. The number of benzene rings is 1. The van der Waals surface area contributed by atoms with Crippen LogP contribution in [0, 0.1) is 0 Å². The van der Waals surface area contributed by atoms with Gasteiger partial charge in [-0.15, -0.1) is 0 Å². The molecule has 0 aliphatic carbocycles. The summed E-state index contributed by atoms with van der Waals surface area (Å²) in [6.07, 6.45) is 1.76. The summed E-state index contributed by atoms with van der Waals surface area (Å²) >= 11 is 0. The van der Waals surface area contributed by atoms with Crippen molar-refractivity contribution in [3.8, 4) is 0 Å². The minimum absolute atomic E-state index is 0.109. The fourth-order valence-corrected chi connectivity index (χ4v) is 7.33. The smallest absolute Gasteiger partial charge is 0.193 e. The summed E-state index contributed by atoms with van der Waals surface area (Å²) in [6, 6.07) is 7.95. The molecule has 0 fully saturated rings. The molecule has 20 heavy (non-hydrogen) atoms. The number of nitrogens with one attached hydrogen (secondary N) is 1. The van der Waals surface area contributed by atoms with E-state index in [9.17, 15) is 4.21 Å². The van der Waals surface area contributed by atoms with Crippen molar-refractivity contribution < 1.29 is 4.21 Å². The largest absolute Gasteiger partial charge is 0.316 e. The molecule has 0 aliphatic rings. The lowest BCUT2D eigenvalue weighted by molar-refractivity contribution is 0.678. The zero-order valence-electron chi connectivity index (χ0n) is 13.8. The second-order valence-corrected chi connectivity index (χ2v) is 14.3. The van der Waals surface area contributed by atoms with Crippen molar-refractivity contribution >= 4 is 18.0 Å². The lowest BCUT2D eigenvalue weighted by Gasteiger charge is -2.33. The van der Waals surface area contributed by atoms with Crippen molar-refractivity contribution in [3.63, 3.8) is 0 Å². The molecule has 0 amide bonds. The van der Waals surface area contributed by atoms with Crippen LogP contribution < -0.4 is 5.32 Å².